The fourth-order valence-corrected chi connectivity index (χ4v) is 1.37. The number of rotatable bonds is 0. The van der Waals surface area contributed by atoms with Gasteiger partial charge in [-0.05, 0) is 0 Å². The Kier molecular flexibility index (Phi) is 2.31. The van der Waals surface area contributed by atoms with Gasteiger partial charge in [-0.1, -0.05) is 46.4 Å². The maximum atomic E-state index is 10.8. The van der Waals surface area contributed by atoms with Gasteiger partial charge in [0.15, 0.2) is 0 Å². The van der Waals surface area contributed by atoms with Gasteiger partial charge in [0.25, 0.3) is 0 Å². The van der Waals surface area contributed by atoms with Crippen LogP contribution in [-0.4, -0.2) is 5.78 Å². The average Bonchev–Trinajstić information content (AvgIpc) is 2.07. The predicted molar refractivity (Wildman–Crippen MR) is 42.5 cm³/mol. The molecule has 0 unspecified atom stereocenters. The number of ketones is 1. The molecule has 1 aliphatic rings. The summed E-state index contributed by atoms with van der Waals surface area (Å²) in [4.78, 5) is 10.8. The first kappa shape index (κ1) is 8.41. The third-order valence-corrected chi connectivity index (χ3v) is 2.74. The fourth-order valence-electron chi connectivity index (χ4n) is 0.488. The summed E-state index contributed by atoms with van der Waals surface area (Å²) in [5, 5.41) is -0.176. The monoisotopic (exact) mass is 216 g/mol. The van der Waals surface area contributed by atoms with Crippen molar-refractivity contribution in [2.75, 3.05) is 0 Å². The highest BCUT2D eigenvalue weighted by Gasteiger charge is 2.27. The van der Waals surface area contributed by atoms with Crippen LogP contribution in [0.15, 0.2) is 20.1 Å². The molecule has 0 spiro atoms. The Balaban J connectivity index is 3.22. The minimum atomic E-state index is -0.515. The summed E-state index contributed by atoms with van der Waals surface area (Å²) in [5.74, 6) is -0.515. The van der Waals surface area contributed by atoms with E-state index in [4.69, 9.17) is 46.4 Å². The van der Waals surface area contributed by atoms with Crippen molar-refractivity contribution in [2.24, 2.45) is 0 Å². The summed E-state index contributed by atoms with van der Waals surface area (Å²) in [7, 11) is 0. The largest absolute Gasteiger partial charge is 0.286 e. The Morgan fingerprint density at radius 1 is 0.700 bits per heavy atom. The zero-order chi connectivity index (χ0) is 7.89. The van der Waals surface area contributed by atoms with E-state index in [1.54, 1.807) is 0 Å². The first-order valence-electron chi connectivity index (χ1n) is 2.21. The molecule has 1 rings (SSSR count). The van der Waals surface area contributed by atoms with Crippen LogP contribution >= 0.6 is 46.4 Å². The molecule has 0 saturated heterocycles. The minimum absolute atomic E-state index is 0.0262. The molecule has 0 fully saturated rings. The molecule has 0 radical (unpaired) electrons. The van der Waals surface area contributed by atoms with E-state index >= 15 is 0 Å². The van der Waals surface area contributed by atoms with Crippen molar-refractivity contribution in [3.05, 3.63) is 20.1 Å². The Bertz CT molecular complexity index is 237. The van der Waals surface area contributed by atoms with Gasteiger partial charge in [-0.25, -0.2) is 0 Å². The number of carbonyl (C=O) groups excluding carboxylic acids is 1. The van der Waals surface area contributed by atoms with Crippen LogP contribution in [0, 0.1) is 0 Å². The predicted octanol–water partition coefficient (Wildman–Crippen LogP) is 2.95. The van der Waals surface area contributed by atoms with Crippen LogP contribution in [0.3, 0.4) is 0 Å². The Morgan fingerprint density at radius 3 is 1.10 bits per heavy atom. The number of halogens is 4. The fraction of sp³-hybridized carbons (Fsp3) is 0. The van der Waals surface area contributed by atoms with Crippen molar-refractivity contribution < 1.29 is 4.79 Å². The molecular formula is C5Cl4O. The van der Waals surface area contributed by atoms with Crippen LogP contribution in [0.2, 0.25) is 0 Å². The van der Waals surface area contributed by atoms with E-state index in [2.05, 4.69) is 0 Å². The number of hydrogen-bond donors (Lipinski definition) is 0. The third-order valence-electron chi connectivity index (χ3n) is 0.977. The quantitative estimate of drug-likeness (QED) is 0.610. The smallest absolute Gasteiger partial charge is 0.218 e. The summed E-state index contributed by atoms with van der Waals surface area (Å²) in [6.07, 6.45) is 0. The van der Waals surface area contributed by atoms with Crippen molar-refractivity contribution in [3.63, 3.8) is 0 Å². The Morgan fingerprint density at radius 2 is 1.00 bits per heavy atom. The average molecular weight is 218 g/mol. The van der Waals surface area contributed by atoms with Gasteiger partial charge in [-0.15, -0.1) is 0 Å². The van der Waals surface area contributed by atoms with Crippen LogP contribution in [0.4, 0.5) is 0 Å². The van der Waals surface area contributed by atoms with Crippen molar-refractivity contribution in [2.45, 2.75) is 0 Å². The van der Waals surface area contributed by atoms with E-state index in [-0.39, 0.29) is 20.1 Å². The summed E-state index contributed by atoms with van der Waals surface area (Å²) in [6.45, 7) is 0. The molecule has 0 heterocycles. The molecule has 0 aliphatic heterocycles. The third kappa shape index (κ3) is 1.08. The highest BCUT2D eigenvalue weighted by molar-refractivity contribution is 6.65. The minimum Gasteiger partial charge on any atom is -0.286 e. The van der Waals surface area contributed by atoms with Crippen molar-refractivity contribution in [1.29, 1.82) is 0 Å². The summed E-state index contributed by atoms with van der Waals surface area (Å²) in [5.41, 5.74) is 0. The summed E-state index contributed by atoms with van der Waals surface area (Å²) >= 11 is 21.7. The molecule has 0 aromatic rings. The molecule has 1 aliphatic carbocycles. The van der Waals surface area contributed by atoms with E-state index in [1.807, 2.05) is 0 Å². The van der Waals surface area contributed by atoms with Gasteiger partial charge >= 0.3 is 0 Å². The molecule has 0 bridgehead atoms. The van der Waals surface area contributed by atoms with Crippen LogP contribution in [-0.2, 0) is 4.79 Å². The lowest BCUT2D eigenvalue weighted by atomic mass is 10.4. The van der Waals surface area contributed by atoms with Crippen molar-refractivity contribution >= 4 is 52.2 Å². The first-order chi connectivity index (χ1) is 4.55. The summed E-state index contributed by atoms with van der Waals surface area (Å²) in [6, 6.07) is 0. The SMILES string of the molecule is O=C1C(Cl)=C(Cl)C(Cl)=C1Cl. The molecule has 0 aromatic carbocycles. The number of hydrogen-bond acceptors (Lipinski definition) is 1. The zero-order valence-corrected chi connectivity index (χ0v) is 7.44. The molecule has 0 amide bonds. The van der Waals surface area contributed by atoms with Gasteiger partial charge in [0.1, 0.15) is 10.1 Å². The van der Waals surface area contributed by atoms with Crippen LogP contribution in [0.5, 0.6) is 0 Å². The molecule has 0 N–H and O–H groups in total. The molecule has 5 heteroatoms. The Labute approximate surface area is 77.2 Å². The molecule has 1 nitrogen and oxygen atoms in total. The van der Waals surface area contributed by atoms with Gasteiger partial charge in [0.05, 0.1) is 10.1 Å². The number of carbonyl (C=O) groups is 1. The Hall–Kier alpha value is 0.310. The maximum Gasteiger partial charge on any atom is 0.218 e. The van der Waals surface area contributed by atoms with E-state index in [1.165, 1.54) is 0 Å². The zero-order valence-electron chi connectivity index (χ0n) is 4.42. The highest BCUT2D eigenvalue weighted by Crippen LogP contribution is 2.38. The van der Waals surface area contributed by atoms with Gasteiger partial charge in [0, 0.05) is 0 Å². The van der Waals surface area contributed by atoms with Crippen molar-refractivity contribution in [3.8, 4) is 0 Å². The normalized spacial score (nSPS) is 19.4. The second kappa shape index (κ2) is 2.74. The topological polar surface area (TPSA) is 17.1 Å². The lowest BCUT2D eigenvalue weighted by Gasteiger charge is -1.84. The highest BCUT2D eigenvalue weighted by atomic mass is 35.5. The second-order valence-corrected chi connectivity index (χ2v) is 3.10. The molecule has 0 saturated carbocycles. The molecule has 0 aromatic heterocycles. The number of allylic oxidation sites excluding steroid dienone is 4. The standard InChI is InChI=1S/C5Cl4O/c6-1-2(7)4(9)5(10)3(1)8. The number of Topliss-reactive ketones (excluding diaryl/α,β-unsaturated/α-hetero) is 1. The summed E-state index contributed by atoms with van der Waals surface area (Å²) < 4.78 is 0. The van der Waals surface area contributed by atoms with Gasteiger partial charge in [-0.3, -0.25) is 4.79 Å². The lowest BCUT2D eigenvalue weighted by molar-refractivity contribution is -0.110. The molecular weight excluding hydrogens is 218 g/mol. The van der Waals surface area contributed by atoms with Crippen molar-refractivity contribution in [1.82, 2.24) is 0 Å². The van der Waals surface area contributed by atoms with E-state index in [0.717, 1.165) is 0 Å². The molecule has 10 heavy (non-hydrogen) atoms. The van der Waals surface area contributed by atoms with E-state index < -0.39 is 5.78 Å². The van der Waals surface area contributed by atoms with Crippen LogP contribution in [0.25, 0.3) is 0 Å². The van der Waals surface area contributed by atoms with Gasteiger partial charge in [0.2, 0.25) is 5.78 Å². The van der Waals surface area contributed by atoms with Gasteiger partial charge in [-0.2, -0.15) is 0 Å². The van der Waals surface area contributed by atoms with Crippen LogP contribution < -0.4 is 0 Å². The first-order valence-corrected chi connectivity index (χ1v) is 3.72. The molecule has 54 valence electrons. The molecule has 0 atom stereocenters. The lowest BCUT2D eigenvalue weighted by Crippen LogP contribution is -1.91. The van der Waals surface area contributed by atoms with E-state index in [9.17, 15) is 4.79 Å². The van der Waals surface area contributed by atoms with E-state index in [0.29, 0.717) is 0 Å². The second-order valence-electron chi connectivity index (χ2n) is 1.59. The maximum absolute atomic E-state index is 10.8. The van der Waals surface area contributed by atoms with Crippen LogP contribution in [0.1, 0.15) is 0 Å². The van der Waals surface area contributed by atoms with Gasteiger partial charge < -0.3 is 0 Å².